The van der Waals surface area contributed by atoms with E-state index < -0.39 is 0 Å². The van der Waals surface area contributed by atoms with E-state index in [9.17, 15) is 4.79 Å². The number of hydrogen-bond acceptors (Lipinski definition) is 7. The Balaban J connectivity index is 1.76. The molecule has 0 fully saturated rings. The summed E-state index contributed by atoms with van der Waals surface area (Å²) in [5.74, 6) is 2.57. The van der Waals surface area contributed by atoms with Crippen LogP contribution in [0.15, 0.2) is 30.3 Å². The van der Waals surface area contributed by atoms with Crippen molar-refractivity contribution in [3.63, 3.8) is 0 Å². The molecule has 0 spiro atoms. The average molecular weight is 423 g/mol. The number of fused-ring (bicyclic) bond motifs is 1. The van der Waals surface area contributed by atoms with Gasteiger partial charge in [0, 0.05) is 24.0 Å². The topological polar surface area (TPSA) is 100 Å². The molecule has 1 aliphatic heterocycles. The van der Waals surface area contributed by atoms with Crippen molar-refractivity contribution < 1.29 is 19.0 Å². The van der Waals surface area contributed by atoms with Crippen LogP contribution in [0.3, 0.4) is 0 Å². The van der Waals surface area contributed by atoms with Crippen LogP contribution < -0.4 is 19.5 Å². The Morgan fingerprint density at radius 3 is 2.65 bits per heavy atom. The lowest BCUT2D eigenvalue weighted by atomic mass is 9.85. The van der Waals surface area contributed by atoms with Gasteiger partial charge in [-0.3, -0.25) is 4.79 Å². The highest BCUT2D eigenvalue weighted by Crippen LogP contribution is 2.42. The quantitative estimate of drug-likeness (QED) is 0.622. The SMILES string of the molecule is CCCOc1ccc(C2CC(=O)Nc3c2c(C)nn3-c2ccc(OC)nn2)cc1OC. The number of amides is 1. The molecule has 4 rings (SSSR count). The van der Waals surface area contributed by atoms with E-state index in [1.807, 2.05) is 25.1 Å². The van der Waals surface area contributed by atoms with Gasteiger partial charge in [-0.15, -0.1) is 10.2 Å². The lowest BCUT2D eigenvalue weighted by Gasteiger charge is -2.25. The summed E-state index contributed by atoms with van der Waals surface area (Å²) in [6.07, 6.45) is 1.22. The van der Waals surface area contributed by atoms with Crippen molar-refractivity contribution in [2.75, 3.05) is 26.1 Å². The van der Waals surface area contributed by atoms with Gasteiger partial charge in [0.25, 0.3) is 0 Å². The number of benzene rings is 1. The average Bonchev–Trinajstić information content (AvgIpc) is 3.13. The minimum absolute atomic E-state index is 0.0922. The molecule has 0 saturated heterocycles. The Kier molecular flexibility index (Phi) is 5.75. The molecule has 9 heteroatoms. The first-order chi connectivity index (χ1) is 15.0. The number of aromatic nitrogens is 4. The van der Waals surface area contributed by atoms with Crippen LogP contribution >= 0.6 is 0 Å². The van der Waals surface area contributed by atoms with Crippen molar-refractivity contribution in [3.8, 4) is 23.2 Å². The number of anilines is 1. The van der Waals surface area contributed by atoms with Crippen LogP contribution in [0.4, 0.5) is 5.82 Å². The summed E-state index contributed by atoms with van der Waals surface area (Å²) in [6, 6.07) is 9.25. The molecule has 1 unspecified atom stereocenters. The molecule has 2 aromatic heterocycles. The normalized spacial score (nSPS) is 15.2. The van der Waals surface area contributed by atoms with Gasteiger partial charge in [-0.05, 0) is 37.1 Å². The third-order valence-electron chi connectivity index (χ3n) is 5.21. The molecule has 3 heterocycles. The molecule has 0 saturated carbocycles. The standard InChI is InChI=1S/C22H25N5O4/c1-5-10-31-16-7-6-14(11-17(16)29-3)15-12-19(28)23-22-21(15)13(2)26-27(22)18-8-9-20(30-4)25-24-18/h6-9,11,15H,5,10,12H2,1-4H3,(H,23,28). The Labute approximate surface area is 180 Å². The fourth-order valence-electron chi connectivity index (χ4n) is 3.76. The van der Waals surface area contributed by atoms with Gasteiger partial charge >= 0.3 is 0 Å². The summed E-state index contributed by atoms with van der Waals surface area (Å²) < 4.78 is 18.0. The van der Waals surface area contributed by atoms with Crippen LogP contribution in [0.25, 0.3) is 5.82 Å². The molecule has 1 aromatic carbocycles. The molecule has 1 atom stereocenters. The monoisotopic (exact) mass is 423 g/mol. The van der Waals surface area contributed by atoms with Gasteiger partial charge < -0.3 is 19.5 Å². The van der Waals surface area contributed by atoms with Crippen molar-refractivity contribution in [2.45, 2.75) is 32.6 Å². The summed E-state index contributed by atoms with van der Waals surface area (Å²) in [6.45, 7) is 4.59. The van der Waals surface area contributed by atoms with Crippen LogP contribution in [-0.2, 0) is 4.79 Å². The van der Waals surface area contributed by atoms with E-state index in [1.165, 1.54) is 7.11 Å². The molecule has 0 aliphatic carbocycles. The Bertz CT molecular complexity index is 1090. The highest BCUT2D eigenvalue weighted by molar-refractivity contribution is 5.95. The molecular weight excluding hydrogens is 398 g/mol. The molecule has 1 aliphatic rings. The fourth-order valence-corrected chi connectivity index (χ4v) is 3.76. The van der Waals surface area contributed by atoms with Crippen molar-refractivity contribution in [1.82, 2.24) is 20.0 Å². The molecule has 1 N–H and O–H groups in total. The zero-order valence-corrected chi connectivity index (χ0v) is 18.0. The van der Waals surface area contributed by atoms with E-state index in [2.05, 4.69) is 27.5 Å². The zero-order valence-electron chi connectivity index (χ0n) is 18.0. The number of nitrogens with zero attached hydrogens (tertiary/aromatic N) is 4. The van der Waals surface area contributed by atoms with Crippen LogP contribution in [0.2, 0.25) is 0 Å². The van der Waals surface area contributed by atoms with Gasteiger partial charge in [0.15, 0.2) is 17.3 Å². The van der Waals surface area contributed by atoms with Crippen molar-refractivity contribution in [3.05, 3.63) is 47.2 Å². The van der Waals surface area contributed by atoms with Gasteiger partial charge in [-0.2, -0.15) is 9.78 Å². The van der Waals surface area contributed by atoms with Crippen LogP contribution in [0.1, 0.15) is 42.5 Å². The largest absolute Gasteiger partial charge is 0.493 e. The highest BCUT2D eigenvalue weighted by Gasteiger charge is 2.33. The maximum atomic E-state index is 12.6. The molecule has 3 aromatic rings. The molecule has 162 valence electrons. The number of ether oxygens (including phenoxy) is 3. The second-order valence-electron chi connectivity index (χ2n) is 7.26. The van der Waals surface area contributed by atoms with Crippen molar-refractivity contribution >= 4 is 11.7 Å². The fraction of sp³-hybridized carbons (Fsp3) is 0.364. The van der Waals surface area contributed by atoms with E-state index in [4.69, 9.17) is 14.2 Å². The first-order valence-corrected chi connectivity index (χ1v) is 10.1. The number of nitrogens with one attached hydrogen (secondary N) is 1. The summed E-state index contributed by atoms with van der Waals surface area (Å²) >= 11 is 0. The third-order valence-corrected chi connectivity index (χ3v) is 5.21. The number of aryl methyl sites for hydroxylation is 1. The van der Waals surface area contributed by atoms with Gasteiger partial charge in [-0.25, -0.2) is 0 Å². The van der Waals surface area contributed by atoms with E-state index in [-0.39, 0.29) is 11.8 Å². The van der Waals surface area contributed by atoms with E-state index in [0.717, 1.165) is 23.2 Å². The predicted octanol–water partition coefficient (Wildman–Crippen LogP) is 3.25. The van der Waals surface area contributed by atoms with Crippen LogP contribution in [0.5, 0.6) is 17.4 Å². The van der Waals surface area contributed by atoms with Crippen LogP contribution in [0, 0.1) is 6.92 Å². The second-order valence-corrected chi connectivity index (χ2v) is 7.26. The molecule has 0 bridgehead atoms. The maximum Gasteiger partial charge on any atom is 0.233 e. The molecule has 0 radical (unpaired) electrons. The second kappa shape index (κ2) is 8.63. The lowest BCUT2D eigenvalue weighted by Crippen LogP contribution is -2.25. The first-order valence-electron chi connectivity index (χ1n) is 10.1. The van der Waals surface area contributed by atoms with E-state index in [1.54, 1.807) is 23.9 Å². The Morgan fingerprint density at radius 1 is 1.13 bits per heavy atom. The maximum absolute atomic E-state index is 12.6. The van der Waals surface area contributed by atoms with E-state index >= 15 is 0 Å². The third kappa shape index (κ3) is 3.90. The zero-order chi connectivity index (χ0) is 22.0. The highest BCUT2D eigenvalue weighted by atomic mass is 16.5. The Morgan fingerprint density at radius 2 is 1.97 bits per heavy atom. The molecular formula is C22H25N5O4. The first kappa shape index (κ1) is 20.6. The minimum atomic E-state index is -0.169. The van der Waals surface area contributed by atoms with Crippen molar-refractivity contribution in [2.24, 2.45) is 0 Å². The summed E-state index contributed by atoms with van der Waals surface area (Å²) in [7, 11) is 3.14. The summed E-state index contributed by atoms with van der Waals surface area (Å²) in [5, 5.41) is 15.8. The lowest BCUT2D eigenvalue weighted by molar-refractivity contribution is -0.116. The van der Waals surface area contributed by atoms with E-state index in [0.29, 0.717) is 42.0 Å². The number of rotatable bonds is 7. The van der Waals surface area contributed by atoms with Gasteiger partial charge in [0.05, 0.1) is 26.5 Å². The van der Waals surface area contributed by atoms with Crippen LogP contribution in [-0.4, -0.2) is 46.7 Å². The number of carbonyl (C=O) groups is 1. The summed E-state index contributed by atoms with van der Waals surface area (Å²) in [4.78, 5) is 12.6. The Hall–Kier alpha value is -3.62. The smallest absolute Gasteiger partial charge is 0.233 e. The van der Waals surface area contributed by atoms with Gasteiger partial charge in [0.2, 0.25) is 11.8 Å². The molecule has 9 nitrogen and oxygen atoms in total. The molecule has 31 heavy (non-hydrogen) atoms. The molecule has 1 amide bonds. The predicted molar refractivity (Wildman–Crippen MR) is 114 cm³/mol. The number of methoxy groups -OCH3 is 2. The summed E-state index contributed by atoms with van der Waals surface area (Å²) in [5.41, 5.74) is 2.71. The minimum Gasteiger partial charge on any atom is -0.493 e. The number of carbonyl (C=O) groups excluding carboxylic acids is 1. The number of hydrogen-bond donors (Lipinski definition) is 1. The van der Waals surface area contributed by atoms with Crippen molar-refractivity contribution in [1.29, 1.82) is 0 Å². The van der Waals surface area contributed by atoms with Gasteiger partial charge in [0.1, 0.15) is 5.82 Å². The van der Waals surface area contributed by atoms with Gasteiger partial charge in [-0.1, -0.05) is 13.0 Å².